The first-order chi connectivity index (χ1) is 10.8. The fourth-order valence-corrected chi connectivity index (χ4v) is 2.80. The predicted octanol–water partition coefficient (Wildman–Crippen LogP) is 1.06. The fourth-order valence-electron chi connectivity index (χ4n) is 2.80. The predicted molar refractivity (Wildman–Crippen MR) is 82.9 cm³/mol. The SMILES string of the molecule is O=C(CCn1cncn1)N[C@H]1CCN(Cc2ccccc2)C1. The van der Waals surface area contributed by atoms with Crippen LogP contribution in [0.5, 0.6) is 0 Å². The molecule has 6 nitrogen and oxygen atoms in total. The minimum atomic E-state index is 0.0852. The molecule has 116 valence electrons. The van der Waals surface area contributed by atoms with E-state index in [4.69, 9.17) is 0 Å². The fraction of sp³-hybridized carbons (Fsp3) is 0.438. The van der Waals surface area contributed by atoms with Crippen LogP contribution in [0.1, 0.15) is 18.4 Å². The van der Waals surface area contributed by atoms with Crippen LogP contribution >= 0.6 is 0 Å². The van der Waals surface area contributed by atoms with Gasteiger partial charge in [-0.2, -0.15) is 5.10 Å². The molecule has 0 radical (unpaired) electrons. The van der Waals surface area contributed by atoms with Crippen LogP contribution < -0.4 is 5.32 Å². The van der Waals surface area contributed by atoms with Crippen molar-refractivity contribution < 1.29 is 4.79 Å². The summed E-state index contributed by atoms with van der Waals surface area (Å²) in [7, 11) is 0. The number of amides is 1. The molecule has 3 rings (SSSR count). The van der Waals surface area contributed by atoms with Gasteiger partial charge in [0.15, 0.2) is 0 Å². The number of carbonyl (C=O) groups is 1. The summed E-state index contributed by atoms with van der Waals surface area (Å²) in [6, 6.07) is 10.7. The molecule has 1 atom stereocenters. The summed E-state index contributed by atoms with van der Waals surface area (Å²) < 4.78 is 1.68. The highest BCUT2D eigenvalue weighted by atomic mass is 16.1. The summed E-state index contributed by atoms with van der Waals surface area (Å²) in [4.78, 5) is 18.2. The molecular weight excluding hydrogens is 278 g/mol. The molecule has 2 heterocycles. The van der Waals surface area contributed by atoms with Crippen molar-refractivity contribution in [1.82, 2.24) is 25.0 Å². The molecule has 1 saturated heterocycles. The third kappa shape index (κ3) is 4.14. The molecule has 0 aliphatic carbocycles. The van der Waals surface area contributed by atoms with E-state index in [2.05, 4.69) is 44.6 Å². The monoisotopic (exact) mass is 299 g/mol. The number of aromatic nitrogens is 3. The van der Waals surface area contributed by atoms with E-state index in [0.717, 1.165) is 26.1 Å². The van der Waals surface area contributed by atoms with Gasteiger partial charge in [-0.3, -0.25) is 14.4 Å². The molecule has 1 aromatic heterocycles. The van der Waals surface area contributed by atoms with Gasteiger partial charge in [0.2, 0.25) is 5.91 Å². The van der Waals surface area contributed by atoms with Crippen LogP contribution in [0.25, 0.3) is 0 Å². The van der Waals surface area contributed by atoms with Crippen LogP contribution in [0, 0.1) is 0 Å². The Morgan fingerprint density at radius 1 is 1.32 bits per heavy atom. The van der Waals surface area contributed by atoms with E-state index < -0.39 is 0 Å². The second-order valence-corrected chi connectivity index (χ2v) is 5.68. The van der Waals surface area contributed by atoms with Gasteiger partial charge in [-0.05, 0) is 12.0 Å². The van der Waals surface area contributed by atoms with Crippen LogP contribution in [0.2, 0.25) is 0 Å². The topological polar surface area (TPSA) is 63.1 Å². The zero-order chi connectivity index (χ0) is 15.2. The average Bonchev–Trinajstić information content (AvgIpc) is 3.18. The summed E-state index contributed by atoms with van der Waals surface area (Å²) in [5, 5.41) is 7.11. The third-order valence-corrected chi connectivity index (χ3v) is 3.92. The second-order valence-electron chi connectivity index (χ2n) is 5.68. The van der Waals surface area contributed by atoms with Gasteiger partial charge < -0.3 is 5.32 Å². The quantitative estimate of drug-likeness (QED) is 0.866. The average molecular weight is 299 g/mol. The molecule has 0 unspecified atom stereocenters. The van der Waals surface area contributed by atoms with Gasteiger partial charge in [-0.1, -0.05) is 30.3 Å². The van der Waals surface area contributed by atoms with Gasteiger partial charge in [0, 0.05) is 32.1 Å². The lowest BCUT2D eigenvalue weighted by Gasteiger charge is -2.16. The first kappa shape index (κ1) is 14.7. The number of hydrogen-bond acceptors (Lipinski definition) is 4. The first-order valence-electron chi connectivity index (χ1n) is 7.67. The van der Waals surface area contributed by atoms with Gasteiger partial charge in [0.25, 0.3) is 0 Å². The molecule has 0 spiro atoms. The number of hydrogen-bond donors (Lipinski definition) is 1. The Balaban J connectivity index is 1.40. The number of aryl methyl sites for hydroxylation is 1. The molecule has 1 aliphatic heterocycles. The van der Waals surface area contributed by atoms with Gasteiger partial charge in [0.05, 0.1) is 6.54 Å². The van der Waals surface area contributed by atoms with Crippen LogP contribution in [0.4, 0.5) is 0 Å². The molecule has 6 heteroatoms. The van der Waals surface area contributed by atoms with Crippen LogP contribution in [0.3, 0.4) is 0 Å². The molecule has 1 aromatic carbocycles. The largest absolute Gasteiger partial charge is 0.352 e. The third-order valence-electron chi connectivity index (χ3n) is 3.92. The molecule has 22 heavy (non-hydrogen) atoms. The smallest absolute Gasteiger partial charge is 0.222 e. The van der Waals surface area contributed by atoms with E-state index in [0.29, 0.717) is 13.0 Å². The molecule has 1 N–H and O–H groups in total. The van der Waals surface area contributed by atoms with Gasteiger partial charge in [0.1, 0.15) is 12.7 Å². The zero-order valence-corrected chi connectivity index (χ0v) is 12.6. The van der Waals surface area contributed by atoms with Crippen LogP contribution in [0.15, 0.2) is 43.0 Å². The van der Waals surface area contributed by atoms with Crippen molar-refractivity contribution in [1.29, 1.82) is 0 Å². The lowest BCUT2D eigenvalue weighted by molar-refractivity contribution is -0.122. The normalized spacial score (nSPS) is 18.5. The minimum absolute atomic E-state index is 0.0852. The Bertz CT molecular complexity index is 584. The maximum atomic E-state index is 12.0. The number of likely N-dealkylation sites (tertiary alicyclic amines) is 1. The van der Waals surface area contributed by atoms with Crippen LogP contribution in [-0.2, 0) is 17.9 Å². The summed E-state index contributed by atoms with van der Waals surface area (Å²) >= 11 is 0. The lowest BCUT2D eigenvalue weighted by Crippen LogP contribution is -2.37. The zero-order valence-electron chi connectivity index (χ0n) is 12.6. The van der Waals surface area contributed by atoms with Crippen molar-refractivity contribution in [3.63, 3.8) is 0 Å². The van der Waals surface area contributed by atoms with E-state index in [1.54, 1.807) is 11.0 Å². The number of nitrogens with zero attached hydrogens (tertiary/aromatic N) is 4. The van der Waals surface area contributed by atoms with Crippen LogP contribution in [-0.4, -0.2) is 44.7 Å². The van der Waals surface area contributed by atoms with Crippen molar-refractivity contribution in [2.75, 3.05) is 13.1 Å². The number of rotatable bonds is 6. The molecule has 0 saturated carbocycles. The number of carbonyl (C=O) groups excluding carboxylic acids is 1. The molecule has 2 aromatic rings. The summed E-state index contributed by atoms with van der Waals surface area (Å²) in [5.41, 5.74) is 1.32. The van der Waals surface area contributed by atoms with Crippen molar-refractivity contribution in [3.8, 4) is 0 Å². The highest BCUT2D eigenvalue weighted by molar-refractivity contribution is 5.76. The van der Waals surface area contributed by atoms with Gasteiger partial charge >= 0.3 is 0 Å². The molecule has 1 fully saturated rings. The summed E-state index contributed by atoms with van der Waals surface area (Å²) in [6.45, 7) is 3.48. The molecule has 1 aliphatic rings. The molecular formula is C16H21N5O. The summed E-state index contributed by atoms with van der Waals surface area (Å²) in [5.74, 6) is 0.0852. The Morgan fingerprint density at radius 2 is 2.18 bits per heavy atom. The maximum Gasteiger partial charge on any atom is 0.222 e. The Morgan fingerprint density at radius 3 is 2.95 bits per heavy atom. The number of nitrogens with one attached hydrogen (secondary N) is 1. The molecule has 0 bridgehead atoms. The number of benzene rings is 1. The summed E-state index contributed by atoms with van der Waals surface area (Å²) in [6.07, 6.45) is 4.57. The van der Waals surface area contributed by atoms with Gasteiger partial charge in [-0.25, -0.2) is 4.98 Å². The van der Waals surface area contributed by atoms with E-state index >= 15 is 0 Å². The maximum absolute atomic E-state index is 12.0. The van der Waals surface area contributed by atoms with E-state index in [1.807, 2.05) is 6.07 Å². The van der Waals surface area contributed by atoms with Crippen molar-refractivity contribution in [2.45, 2.75) is 32.0 Å². The first-order valence-corrected chi connectivity index (χ1v) is 7.67. The molecule has 1 amide bonds. The highest BCUT2D eigenvalue weighted by Crippen LogP contribution is 2.13. The standard InChI is InChI=1S/C16H21N5O/c22-16(7-9-21-13-17-12-18-21)19-15-6-8-20(11-15)10-14-4-2-1-3-5-14/h1-5,12-13,15H,6-11H2,(H,19,22)/t15-/m0/s1. The van der Waals surface area contributed by atoms with Crippen molar-refractivity contribution in [3.05, 3.63) is 48.5 Å². The van der Waals surface area contributed by atoms with E-state index in [-0.39, 0.29) is 11.9 Å². The highest BCUT2D eigenvalue weighted by Gasteiger charge is 2.23. The van der Waals surface area contributed by atoms with E-state index in [1.165, 1.54) is 11.9 Å². The Hall–Kier alpha value is -2.21. The van der Waals surface area contributed by atoms with E-state index in [9.17, 15) is 4.79 Å². The minimum Gasteiger partial charge on any atom is -0.352 e. The Kier molecular flexibility index (Phi) is 4.80. The lowest BCUT2D eigenvalue weighted by atomic mass is 10.2. The van der Waals surface area contributed by atoms with Crippen molar-refractivity contribution >= 4 is 5.91 Å². The Labute approximate surface area is 130 Å². The van der Waals surface area contributed by atoms with Crippen molar-refractivity contribution in [2.24, 2.45) is 0 Å². The second kappa shape index (κ2) is 7.17. The van der Waals surface area contributed by atoms with Gasteiger partial charge in [-0.15, -0.1) is 0 Å².